The maximum Gasteiger partial charge on any atom is 0.319 e. The summed E-state index contributed by atoms with van der Waals surface area (Å²) in [5.74, 6) is 0.515. The van der Waals surface area contributed by atoms with Gasteiger partial charge in [0, 0.05) is 30.6 Å². The van der Waals surface area contributed by atoms with Crippen LogP contribution in [0, 0.1) is 5.41 Å². The van der Waals surface area contributed by atoms with Crippen molar-refractivity contribution in [3.63, 3.8) is 0 Å². The van der Waals surface area contributed by atoms with Crippen molar-refractivity contribution in [1.82, 2.24) is 10.6 Å². The quantitative estimate of drug-likeness (QED) is 0.501. The number of carbonyl (C=O) groups is 1. The van der Waals surface area contributed by atoms with Crippen LogP contribution in [0.25, 0.3) is 0 Å². The number of hydrogen-bond acceptors (Lipinski definition) is 5. The molecule has 1 unspecified atom stereocenters. The predicted molar refractivity (Wildman–Crippen MR) is 108 cm³/mol. The van der Waals surface area contributed by atoms with Crippen molar-refractivity contribution < 1.29 is 14.6 Å². The third kappa shape index (κ3) is 3.85. The number of amides is 2. The summed E-state index contributed by atoms with van der Waals surface area (Å²) in [7, 11) is 0. The molecule has 28 heavy (non-hydrogen) atoms. The predicted octanol–water partition coefficient (Wildman–Crippen LogP) is 2.02. The fraction of sp³-hybridized carbons (Fsp3) is 0.524. The molecule has 7 nitrogen and oxygen atoms in total. The number of aryl methyl sites for hydroxylation is 2. The topological polar surface area (TPSA) is 106 Å². The van der Waals surface area contributed by atoms with Gasteiger partial charge in [0.25, 0.3) is 0 Å². The van der Waals surface area contributed by atoms with E-state index in [4.69, 9.17) is 10.1 Å². The molecular formula is C21H28N4O3. The van der Waals surface area contributed by atoms with E-state index in [1.807, 2.05) is 0 Å². The lowest BCUT2D eigenvalue weighted by molar-refractivity contribution is 0.0320. The van der Waals surface area contributed by atoms with E-state index in [1.54, 1.807) is 0 Å². The summed E-state index contributed by atoms with van der Waals surface area (Å²) < 4.78 is 5.44. The van der Waals surface area contributed by atoms with Gasteiger partial charge in [-0.25, -0.2) is 4.79 Å². The molecule has 1 aromatic carbocycles. The maximum absolute atomic E-state index is 12.5. The molecule has 0 bridgehead atoms. The SMILES string of the molecule is N=C/C(CCNC(=O)Nc1c2c(cc3c1CCC3)CCC2)=C1\NCC(O)CO1. The van der Waals surface area contributed by atoms with Crippen molar-refractivity contribution in [2.24, 2.45) is 0 Å². The number of carbonyl (C=O) groups excluding carboxylic acids is 1. The molecule has 1 aliphatic heterocycles. The molecule has 7 heteroatoms. The van der Waals surface area contributed by atoms with Crippen molar-refractivity contribution in [1.29, 1.82) is 5.41 Å². The van der Waals surface area contributed by atoms with Crippen LogP contribution in [0.1, 0.15) is 41.5 Å². The monoisotopic (exact) mass is 384 g/mol. The van der Waals surface area contributed by atoms with Crippen molar-refractivity contribution >= 4 is 17.9 Å². The second-order valence-corrected chi connectivity index (χ2v) is 7.71. The Labute approximate surface area is 165 Å². The van der Waals surface area contributed by atoms with Crippen LogP contribution >= 0.6 is 0 Å². The van der Waals surface area contributed by atoms with Crippen molar-refractivity contribution in [3.8, 4) is 0 Å². The molecule has 0 saturated carbocycles. The highest BCUT2D eigenvalue weighted by Gasteiger charge is 2.25. The standard InChI is InChI=1S/C21H28N4O3/c22-10-15(20-24-11-16(26)12-28-20)7-8-23-21(27)25-19-17-5-1-3-13(17)9-14-4-2-6-18(14)19/h9-10,16,22,24,26H,1-8,11-12H2,(H2,23,25,27)/b20-15+,22-10?. The third-order valence-corrected chi connectivity index (χ3v) is 5.78. The molecule has 5 N–H and O–H groups in total. The van der Waals surface area contributed by atoms with Crippen LogP contribution in [0.4, 0.5) is 10.5 Å². The highest BCUT2D eigenvalue weighted by Crippen LogP contribution is 2.38. The van der Waals surface area contributed by atoms with Crippen LogP contribution in [0.5, 0.6) is 0 Å². The Bertz CT molecular complexity index is 776. The molecule has 3 aliphatic rings. The Morgan fingerprint density at radius 1 is 1.25 bits per heavy atom. The number of aliphatic hydroxyl groups is 1. The van der Waals surface area contributed by atoms with Crippen LogP contribution in [-0.2, 0) is 30.4 Å². The van der Waals surface area contributed by atoms with Gasteiger partial charge in [-0.1, -0.05) is 6.07 Å². The number of rotatable bonds is 5. The third-order valence-electron chi connectivity index (χ3n) is 5.78. The van der Waals surface area contributed by atoms with Gasteiger partial charge < -0.3 is 31.2 Å². The molecule has 2 amide bonds. The first-order valence-corrected chi connectivity index (χ1v) is 10.2. The van der Waals surface area contributed by atoms with Gasteiger partial charge in [-0.15, -0.1) is 0 Å². The molecule has 0 aromatic heterocycles. The first-order chi connectivity index (χ1) is 13.7. The van der Waals surface area contributed by atoms with Crippen LogP contribution in [0.2, 0.25) is 0 Å². The van der Waals surface area contributed by atoms with E-state index in [-0.39, 0.29) is 12.6 Å². The van der Waals surface area contributed by atoms with Gasteiger partial charge in [-0.3, -0.25) is 0 Å². The Kier molecular flexibility index (Phi) is 5.52. The number of hydrogen-bond donors (Lipinski definition) is 5. The van der Waals surface area contributed by atoms with Gasteiger partial charge in [0.15, 0.2) is 5.88 Å². The van der Waals surface area contributed by atoms with Gasteiger partial charge in [-0.2, -0.15) is 0 Å². The Morgan fingerprint density at radius 3 is 2.57 bits per heavy atom. The molecule has 1 fully saturated rings. The van der Waals surface area contributed by atoms with Gasteiger partial charge >= 0.3 is 6.03 Å². The van der Waals surface area contributed by atoms with Gasteiger partial charge in [-0.05, 0) is 67.2 Å². The van der Waals surface area contributed by atoms with Gasteiger partial charge in [0.05, 0.1) is 0 Å². The molecule has 0 spiro atoms. The highest BCUT2D eigenvalue weighted by atomic mass is 16.5. The van der Waals surface area contributed by atoms with E-state index in [1.165, 1.54) is 28.5 Å². The summed E-state index contributed by atoms with van der Waals surface area (Å²) in [5, 5.41) is 26.1. The minimum atomic E-state index is -0.533. The van der Waals surface area contributed by atoms with E-state index in [2.05, 4.69) is 22.0 Å². The Hall–Kier alpha value is -2.54. The number of β-amino-alcohol motifs (C(OH)–C–C–N with tert-alkyl or cyclic N) is 1. The van der Waals surface area contributed by atoms with Crippen LogP contribution in [0.15, 0.2) is 17.5 Å². The van der Waals surface area contributed by atoms with E-state index in [9.17, 15) is 9.90 Å². The van der Waals surface area contributed by atoms with E-state index >= 15 is 0 Å². The van der Waals surface area contributed by atoms with Crippen molar-refractivity contribution in [2.75, 3.05) is 25.0 Å². The summed E-state index contributed by atoms with van der Waals surface area (Å²) in [5.41, 5.74) is 7.14. The number of fused-ring (bicyclic) bond motifs is 2. The fourth-order valence-corrected chi connectivity index (χ4v) is 4.39. The zero-order valence-corrected chi connectivity index (χ0v) is 16.1. The van der Waals surface area contributed by atoms with Crippen molar-refractivity contribution in [3.05, 3.63) is 39.8 Å². The minimum Gasteiger partial charge on any atom is -0.476 e. The molecule has 4 rings (SSSR count). The summed E-state index contributed by atoms with van der Waals surface area (Å²) >= 11 is 0. The average molecular weight is 384 g/mol. The molecule has 0 radical (unpaired) electrons. The average Bonchev–Trinajstić information content (AvgIpc) is 3.35. The smallest absolute Gasteiger partial charge is 0.319 e. The first-order valence-electron chi connectivity index (χ1n) is 10.2. The van der Waals surface area contributed by atoms with Gasteiger partial charge in [0.1, 0.15) is 12.7 Å². The molecule has 1 saturated heterocycles. The number of anilines is 1. The highest BCUT2D eigenvalue weighted by molar-refractivity contribution is 5.92. The Balaban J connectivity index is 1.37. The largest absolute Gasteiger partial charge is 0.476 e. The summed E-state index contributed by atoms with van der Waals surface area (Å²) in [4.78, 5) is 12.5. The second-order valence-electron chi connectivity index (χ2n) is 7.71. The lowest BCUT2D eigenvalue weighted by Crippen LogP contribution is -2.38. The minimum absolute atomic E-state index is 0.198. The molecule has 150 valence electrons. The summed E-state index contributed by atoms with van der Waals surface area (Å²) in [6, 6.07) is 2.15. The molecule has 1 heterocycles. The van der Waals surface area contributed by atoms with E-state index in [0.29, 0.717) is 31.0 Å². The van der Waals surface area contributed by atoms with E-state index in [0.717, 1.165) is 44.2 Å². The summed E-state index contributed by atoms with van der Waals surface area (Å²) in [6.45, 7) is 1.04. The van der Waals surface area contributed by atoms with Crippen molar-refractivity contribution in [2.45, 2.75) is 51.0 Å². The van der Waals surface area contributed by atoms with Crippen LogP contribution in [0.3, 0.4) is 0 Å². The molecule has 1 aromatic rings. The summed E-state index contributed by atoms with van der Waals surface area (Å²) in [6.07, 6.45) is 7.80. The number of urea groups is 1. The normalized spacial score (nSPS) is 21.8. The zero-order valence-electron chi connectivity index (χ0n) is 16.1. The van der Waals surface area contributed by atoms with Crippen LogP contribution < -0.4 is 16.0 Å². The lowest BCUT2D eigenvalue weighted by atomic mass is 9.99. The first kappa shape index (κ1) is 18.8. The number of nitrogens with one attached hydrogen (secondary N) is 4. The van der Waals surface area contributed by atoms with Gasteiger partial charge in [0.2, 0.25) is 0 Å². The number of ether oxygens (including phenoxy) is 1. The van der Waals surface area contributed by atoms with Crippen LogP contribution in [-0.4, -0.2) is 43.2 Å². The molecular weight excluding hydrogens is 356 g/mol. The second kappa shape index (κ2) is 8.22. The Morgan fingerprint density at radius 2 is 1.96 bits per heavy atom. The number of aliphatic hydroxyl groups excluding tert-OH is 1. The lowest BCUT2D eigenvalue weighted by Gasteiger charge is -2.24. The zero-order chi connectivity index (χ0) is 19.5. The molecule has 2 aliphatic carbocycles. The maximum atomic E-state index is 12.5. The van der Waals surface area contributed by atoms with E-state index < -0.39 is 6.10 Å². The molecule has 1 atom stereocenters. The fourth-order valence-electron chi connectivity index (χ4n) is 4.39. The number of benzene rings is 1.